The smallest absolute Gasteiger partial charge is 0.335 e. The second kappa shape index (κ2) is 6.16. The average molecular weight is 294 g/mol. The molecule has 3 rings (SSSR count). The van der Waals surface area contributed by atoms with Gasteiger partial charge in [-0.05, 0) is 34.0 Å². The van der Waals surface area contributed by atoms with Gasteiger partial charge in [0, 0.05) is 6.42 Å². The van der Waals surface area contributed by atoms with Crippen LogP contribution in [0.1, 0.15) is 12.5 Å². The fourth-order valence-corrected chi connectivity index (χ4v) is 2.72. The normalized spacial score (nSPS) is 12.5. The van der Waals surface area contributed by atoms with E-state index in [0.717, 1.165) is 16.3 Å². The summed E-state index contributed by atoms with van der Waals surface area (Å²) in [5.41, 5.74) is 0.921. The fraction of sp³-hybridized carbons (Fsp3) is 0.211. The SMILES string of the molecule is CCOC(=O)C(O)Cc1ccc2ccc3ccccc3c2c1. The lowest BCUT2D eigenvalue weighted by Crippen LogP contribution is -2.25. The molecule has 3 heteroatoms. The number of hydrogen-bond donors (Lipinski definition) is 1. The van der Waals surface area contributed by atoms with Crippen molar-refractivity contribution in [3.63, 3.8) is 0 Å². The minimum absolute atomic E-state index is 0.262. The minimum Gasteiger partial charge on any atom is -0.464 e. The molecule has 0 saturated carbocycles. The lowest BCUT2D eigenvalue weighted by molar-refractivity contribution is -0.152. The molecule has 0 radical (unpaired) electrons. The molecule has 0 aromatic heterocycles. The van der Waals surface area contributed by atoms with E-state index >= 15 is 0 Å². The Morgan fingerprint density at radius 2 is 1.73 bits per heavy atom. The van der Waals surface area contributed by atoms with Gasteiger partial charge < -0.3 is 9.84 Å². The number of ether oxygens (including phenoxy) is 1. The molecule has 112 valence electrons. The van der Waals surface area contributed by atoms with E-state index in [1.165, 1.54) is 10.8 Å². The van der Waals surface area contributed by atoms with E-state index in [2.05, 4.69) is 24.3 Å². The second-order valence-corrected chi connectivity index (χ2v) is 5.31. The van der Waals surface area contributed by atoms with E-state index < -0.39 is 12.1 Å². The Morgan fingerprint density at radius 1 is 1.05 bits per heavy atom. The van der Waals surface area contributed by atoms with Crippen LogP contribution in [0.15, 0.2) is 54.6 Å². The maximum atomic E-state index is 11.6. The minimum atomic E-state index is -1.12. The van der Waals surface area contributed by atoms with Crippen molar-refractivity contribution in [1.82, 2.24) is 0 Å². The number of hydrogen-bond acceptors (Lipinski definition) is 3. The lowest BCUT2D eigenvalue weighted by atomic mass is 9.98. The van der Waals surface area contributed by atoms with Gasteiger partial charge in [0.1, 0.15) is 0 Å². The zero-order valence-electron chi connectivity index (χ0n) is 12.5. The van der Waals surface area contributed by atoms with Gasteiger partial charge in [-0.15, -0.1) is 0 Å². The summed E-state index contributed by atoms with van der Waals surface area (Å²) in [7, 11) is 0. The Balaban J connectivity index is 1.98. The zero-order valence-corrected chi connectivity index (χ0v) is 12.5. The van der Waals surface area contributed by atoms with Gasteiger partial charge >= 0.3 is 5.97 Å². The van der Waals surface area contributed by atoms with Crippen molar-refractivity contribution in [3.05, 3.63) is 60.2 Å². The Morgan fingerprint density at radius 3 is 2.50 bits per heavy atom. The first-order valence-electron chi connectivity index (χ1n) is 7.44. The number of fused-ring (bicyclic) bond motifs is 3. The molecule has 3 aromatic carbocycles. The van der Waals surface area contributed by atoms with Crippen molar-refractivity contribution in [2.24, 2.45) is 0 Å². The van der Waals surface area contributed by atoms with Gasteiger partial charge in [-0.25, -0.2) is 4.79 Å². The van der Waals surface area contributed by atoms with E-state index in [-0.39, 0.29) is 13.0 Å². The van der Waals surface area contributed by atoms with E-state index in [0.29, 0.717) is 0 Å². The van der Waals surface area contributed by atoms with Crippen LogP contribution >= 0.6 is 0 Å². The predicted octanol–water partition coefficient (Wildman–Crippen LogP) is 3.46. The summed E-state index contributed by atoms with van der Waals surface area (Å²) in [6.07, 6.45) is -0.856. The molecule has 0 heterocycles. The highest BCUT2D eigenvalue weighted by Gasteiger charge is 2.16. The van der Waals surface area contributed by atoms with Gasteiger partial charge in [0.2, 0.25) is 0 Å². The van der Waals surface area contributed by atoms with Crippen molar-refractivity contribution in [2.45, 2.75) is 19.4 Å². The molecule has 0 fully saturated rings. The highest BCUT2D eigenvalue weighted by atomic mass is 16.5. The molecular formula is C19H18O3. The lowest BCUT2D eigenvalue weighted by Gasteiger charge is -2.11. The first kappa shape index (κ1) is 14.5. The van der Waals surface area contributed by atoms with Crippen molar-refractivity contribution < 1.29 is 14.6 Å². The third kappa shape index (κ3) is 2.81. The van der Waals surface area contributed by atoms with Gasteiger partial charge in [0.25, 0.3) is 0 Å². The first-order chi connectivity index (χ1) is 10.7. The number of esters is 1. The van der Waals surface area contributed by atoms with Crippen LogP contribution in [-0.2, 0) is 16.0 Å². The molecule has 22 heavy (non-hydrogen) atoms. The molecule has 3 nitrogen and oxygen atoms in total. The molecule has 0 aliphatic heterocycles. The first-order valence-corrected chi connectivity index (χ1v) is 7.44. The van der Waals surface area contributed by atoms with Crippen molar-refractivity contribution in [2.75, 3.05) is 6.61 Å². The second-order valence-electron chi connectivity index (χ2n) is 5.31. The topological polar surface area (TPSA) is 46.5 Å². The number of carbonyl (C=O) groups excluding carboxylic acids is 1. The van der Waals surface area contributed by atoms with Crippen LogP contribution in [-0.4, -0.2) is 23.8 Å². The summed E-state index contributed by atoms with van der Waals surface area (Å²) in [6.45, 7) is 2.00. The largest absolute Gasteiger partial charge is 0.464 e. The van der Waals surface area contributed by atoms with Crippen molar-refractivity contribution >= 4 is 27.5 Å². The number of carbonyl (C=O) groups is 1. The molecule has 0 amide bonds. The standard InChI is InChI=1S/C19H18O3/c1-2-22-19(21)18(20)12-13-7-8-15-10-9-14-5-3-4-6-16(14)17(15)11-13/h3-11,18,20H,2,12H2,1H3. The van der Waals surface area contributed by atoms with Crippen LogP contribution in [0.25, 0.3) is 21.5 Å². The summed E-state index contributed by atoms with van der Waals surface area (Å²) < 4.78 is 4.84. The van der Waals surface area contributed by atoms with E-state index in [1.807, 2.05) is 30.3 Å². The highest BCUT2D eigenvalue weighted by molar-refractivity contribution is 6.07. The summed E-state index contributed by atoms with van der Waals surface area (Å²) in [4.78, 5) is 11.6. The Hall–Kier alpha value is -2.39. The molecule has 0 saturated heterocycles. The van der Waals surface area contributed by atoms with Gasteiger partial charge in [0.05, 0.1) is 6.61 Å². The van der Waals surface area contributed by atoms with Crippen molar-refractivity contribution in [3.8, 4) is 0 Å². The molecule has 0 bridgehead atoms. The zero-order chi connectivity index (χ0) is 15.5. The Labute approximate surface area is 129 Å². The van der Waals surface area contributed by atoms with Crippen LogP contribution < -0.4 is 0 Å². The fourth-order valence-electron chi connectivity index (χ4n) is 2.72. The Kier molecular flexibility index (Phi) is 4.07. The summed E-state index contributed by atoms with van der Waals surface area (Å²) in [6, 6.07) is 18.4. The predicted molar refractivity (Wildman–Crippen MR) is 87.8 cm³/mol. The van der Waals surface area contributed by atoms with E-state index in [1.54, 1.807) is 6.92 Å². The molecule has 3 aromatic rings. The van der Waals surface area contributed by atoms with Crippen LogP contribution in [0.5, 0.6) is 0 Å². The molecule has 1 N–H and O–H groups in total. The molecule has 0 spiro atoms. The van der Waals surface area contributed by atoms with Gasteiger partial charge in [-0.1, -0.05) is 54.6 Å². The number of rotatable bonds is 4. The van der Waals surface area contributed by atoms with Crippen LogP contribution in [0.4, 0.5) is 0 Å². The Bertz CT molecular complexity index is 823. The third-order valence-electron chi connectivity index (χ3n) is 3.80. The van der Waals surface area contributed by atoms with E-state index in [9.17, 15) is 9.90 Å². The van der Waals surface area contributed by atoms with Gasteiger partial charge in [-0.3, -0.25) is 0 Å². The number of benzene rings is 3. The summed E-state index contributed by atoms with van der Waals surface area (Å²) in [5.74, 6) is -0.569. The molecule has 1 unspecified atom stereocenters. The summed E-state index contributed by atoms with van der Waals surface area (Å²) in [5, 5.41) is 14.5. The van der Waals surface area contributed by atoms with Crippen LogP contribution in [0.2, 0.25) is 0 Å². The number of aliphatic hydroxyl groups excluding tert-OH is 1. The highest BCUT2D eigenvalue weighted by Crippen LogP contribution is 2.26. The third-order valence-corrected chi connectivity index (χ3v) is 3.80. The average Bonchev–Trinajstić information content (AvgIpc) is 2.55. The summed E-state index contributed by atoms with van der Waals surface area (Å²) >= 11 is 0. The molecule has 0 aliphatic carbocycles. The molecule has 1 atom stereocenters. The van der Waals surface area contributed by atoms with Gasteiger partial charge in [0.15, 0.2) is 6.10 Å². The quantitative estimate of drug-likeness (QED) is 0.592. The van der Waals surface area contributed by atoms with Gasteiger partial charge in [-0.2, -0.15) is 0 Å². The maximum absolute atomic E-state index is 11.6. The van der Waals surface area contributed by atoms with Crippen LogP contribution in [0.3, 0.4) is 0 Å². The van der Waals surface area contributed by atoms with Crippen LogP contribution in [0, 0.1) is 0 Å². The molecule has 0 aliphatic rings. The monoisotopic (exact) mass is 294 g/mol. The maximum Gasteiger partial charge on any atom is 0.335 e. The number of aliphatic hydroxyl groups is 1. The van der Waals surface area contributed by atoms with E-state index in [4.69, 9.17) is 4.74 Å². The molecular weight excluding hydrogens is 276 g/mol. The van der Waals surface area contributed by atoms with Crippen molar-refractivity contribution in [1.29, 1.82) is 0 Å².